The Morgan fingerprint density at radius 2 is 1.90 bits per heavy atom. The van der Waals surface area contributed by atoms with Gasteiger partial charge in [0.05, 0.1) is 22.3 Å². The van der Waals surface area contributed by atoms with Crippen LogP contribution in [0, 0.1) is 10.1 Å². The summed E-state index contributed by atoms with van der Waals surface area (Å²) in [6.45, 7) is 1.39. The normalized spacial score (nSPS) is 17.3. The van der Waals surface area contributed by atoms with Crippen LogP contribution in [0.25, 0.3) is 0 Å². The average molecular weight is 419 g/mol. The Kier molecular flexibility index (Phi) is 5.09. The largest absolute Gasteiger partial charge is 0.389 e. The second-order valence-electron chi connectivity index (χ2n) is 7.18. The van der Waals surface area contributed by atoms with Gasteiger partial charge >= 0.3 is 5.82 Å². The van der Waals surface area contributed by atoms with Crippen LogP contribution in [0.2, 0.25) is 0 Å². The predicted molar refractivity (Wildman–Crippen MR) is 104 cm³/mol. The number of amides is 1. The smallest absolute Gasteiger partial charge is 0.358 e. The van der Waals surface area contributed by atoms with Crippen molar-refractivity contribution in [2.75, 3.05) is 24.5 Å². The molecule has 0 unspecified atom stereocenters. The molecule has 1 fully saturated rings. The van der Waals surface area contributed by atoms with Crippen molar-refractivity contribution in [3.05, 3.63) is 46.1 Å². The molecule has 0 aliphatic carbocycles. The van der Waals surface area contributed by atoms with Gasteiger partial charge in [0.1, 0.15) is 6.54 Å². The predicted octanol–water partition coefficient (Wildman–Crippen LogP) is 1.56. The number of aromatic nitrogens is 2. The molecule has 3 heterocycles. The van der Waals surface area contributed by atoms with Gasteiger partial charge < -0.3 is 15.0 Å². The number of rotatable bonds is 5. The van der Waals surface area contributed by atoms with E-state index in [1.807, 2.05) is 0 Å². The lowest BCUT2D eigenvalue weighted by molar-refractivity contribution is -0.389. The molecule has 154 valence electrons. The molecule has 0 bridgehead atoms. The maximum atomic E-state index is 12.9. The molecule has 4 rings (SSSR count). The highest BCUT2D eigenvalue weighted by Crippen LogP contribution is 2.32. The zero-order chi connectivity index (χ0) is 20.6. The summed E-state index contributed by atoms with van der Waals surface area (Å²) in [7, 11) is -3.52. The molecule has 10 nitrogen and oxygen atoms in total. The second-order valence-corrected chi connectivity index (χ2v) is 9.12. The summed E-state index contributed by atoms with van der Waals surface area (Å²) < 4.78 is 28.5. The molecule has 2 aromatic rings. The number of hydrogen-bond acceptors (Lipinski definition) is 6. The molecular weight excluding hydrogens is 398 g/mol. The number of piperidine rings is 1. The molecule has 29 heavy (non-hydrogen) atoms. The van der Waals surface area contributed by atoms with Gasteiger partial charge in [0.15, 0.2) is 0 Å². The molecule has 0 radical (unpaired) electrons. The number of fused-ring (bicyclic) bond motifs is 1. The minimum Gasteiger partial charge on any atom is -0.358 e. The first kappa shape index (κ1) is 19.5. The number of benzene rings is 1. The summed E-state index contributed by atoms with van der Waals surface area (Å²) >= 11 is 0. The molecule has 1 aromatic carbocycles. The van der Waals surface area contributed by atoms with E-state index in [0.29, 0.717) is 31.7 Å². The molecule has 0 spiro atoms. The molecule has 11 heteroatoms. The van der Waals surface area contributed by atoms with Gasteiger partial charge in [-0.15, -0.1) is 0 Å². The van der Waals surface area contributed by atoms with Crippen molar-refractivity contribution in [3.63, 3.8) is 0 Å². The van der Waals surface area contributed by atoms with E-state index in [4.69, 9.17) is 0 Å². The van der Waals surface area contributed by atoms with Crippen LogP contribution in [-0.2, 0) is 27.8 Å². The van der Waals surface area contributed by atoms with Crippen LogP contribution in [0.1, 0.15) is 24.8 Å². The monoisotopic (exact) mass is 419 g/mol. The van der Waals surface area contributed by atoms with Gasteiger partial charge in [-0.05, 0) is 47.9 Å². The van der Waals surface area contributed by atoms with Crippen LogP contribution in [0.15, 0.2) is 35.4 Å². The third-order valence-electron chi connectivity index (χ3n) is 5.31. The Balaban J connectivity index is 1.51. The van der Waals surface area contributed by atoms with Crippen molar-refractivity contribution in [2.45, 2.75) is 37.1 Å². The van der Waals surface area contributed by atoms with Crippen molar-refractivity contribution in [2.24, 2.45) is 0 Å². The van der Waals surface area contributed by atoms with Crippen molar-refractivity contribution in [1.29, 1.82) is 0 Å². The van der Waals surface area contributed by atoms with Gasteiger partial charge in [0, 0.05) is 25.3 Å². The summed E-state index contributed by atoms with van der Waals surface area (Å²) in [6.07, 6.45) is 4.74. The van der Waals surface area contributed by atoms with Crippen molar-refractivity contribution < 1.29 is 18.1 Å². The van der Waals surface area contributed by atoms with Crippen LogP contribution >= 0.6 is 0 Å². The van der Waals surface area contributed by atoms with Gasteiger partial charge in [-0.1, -0.05) is 6.42 Å². The van der Waals surface area contributed by atoms with E-state index in [2.05, 4.69) is 5.10 Å². The first-order valence-electron chi connectivity index (χ1n) is 9.47. The number of hydrogen-bond donors (Lipinski definition) is 0. The van der Waals surface area contributed by atoms with Crippen LogP contribution in [-0.4, -0.2) is 53.0 Å². The summed E-state index contributed by atoms with van der Waals surface area (Å²) in [5, 5.41) is 14.5. The number of sulfonamides is 1. The van der Waals surface area contributed by atoms with E-state index < -0.39 is 14.9 Å². The minimum absolute atomic E-state index is 0.124. The molecule has 1 amide bonds. The molecule has 1 saturated heterocycles. The zero-order valence-electron chi connectivity index (χ0n) is 15.7. The summed E-state index contributed by atoms with van der Waals surface area (Å²) in [5.74, 6) is -0.569. The first-order chi connectivity index (χ1) is 13.9. The Labute approximate surface area is 167 Å². The number of carbonyl (C=O) groups excluding carboxylic acids is 1. The molecule has 1 aromatic heterocycles. The lowest BCUT2D eigenvalue weighted by Gasteiger charge is -2.26. The lowest BCUT2D eigenvalue weighted by atomic mass is 10.2. The number of nitro groups is 1. The molecule has 2 aliphatic rings. The highest BCUT2D eigenvalue weighted by molar-refractivity contribution is 7.89. The standard InChI is InChI=1S/C18H21N5O5S/c24-18(13-20-10-7-17(19-20)23(25)26)22-11-6-14-12-15(4-5-16(14)22)29(27,28)21-8-2-1-3-9-21/h4-5,7,10,12H,1-3,6,8-9,11,13H2. The third kappa shape index (κ3) is 3.75. The lowest BCUT2D eigenvalue weighted by Crippen LogP contribution is -2.35. The molecule has 0 N–H and O–H groups in total. The van der Waals surface area contributed by atoms with Gasteiger partial charge in [-0.2, -0.15) is 8.99 Å². The van der Waals surface area contributed by atoms with Crippen LogP contribution in [0.3, 0.4) is 0 Å². The SMILES string of the molecule is O=C(Cn1ccc([N+](=O)[O-])n1)N1CCc2cc(S(=O)(=O)N3CCCCC3)ccc21. The van der Waals surface area contributed by atoms with E-state index in [-0.39, 0.29) is 23.2 Å². The maximum absolute atomic E-state index is 12.9. The Morgan fingerprint density at radius 1 is 1.14 bits per heavy atom. The summed E-state index contributed by atoms with van der Waals surface area (Å²) in [4.78, 5) is 24.6. The fourth-order valence-corrected chi connectivity index (χ4v) is 5.38. The topological polar surface area (TPSA) is 119 Å². The molecule has 2 aliphatic heterocycles. The van der Waals surface area contributed by atoms with Crippen molar-refractivity contribution in [1.82, 2.24) is 14.1 Å². The fourth-order valence-electron chi connectivity index (χ4n) is 3.81. The molecule has 0 atom stereocenters. The van der Waals surface area contributed by atoms with Gasteiger partial charge in [-0.3, -0.25) is 4.79 Å². The van der Waals surface area contributed by atoms with Crippen molar-refractivity contribution in [3.8, 4) is 0 Å². The van der Waals surface area contributed by atoms with Crippen LogP contribution in [0.4, 0.5) is 11.5 Å². The second kappa shape index (κ2) is 7.56. The summed E-state index contributed by atoms with van der Waals surface area (Å²) in [5.41, 5.74) is 1.48. The van der Waals surface area contributed by atoms with Gasteiger partial charge in [-0.25, -0.2) is 8.42 Å². The third-order valence-corrected chi connectivity index (χ3v) is 7.21. The van der Waals surface area contributed by atoms with E-state index >= 15 is 0 Å². The number of nitrogens with zero attached hydrogens (tertiary/aromatic N) is 5. The van der Waals surface area contributed by atoms with Crippen molar-refractivity contribution >= 4 is 27.4 Å². The van der Waals surface area contributed by atoms with E-state index in [9.17, 15) is 23.3 Å². The van der Waals surface area contributed by atoms with Gasteiger partial charge in [0.25, 0.3) is 5.91 Å². The average Bonchev–Trinajstić information content (AvgIpc) is 3.35. The number of anilines is 1. The molecular formula is C18H21N5O5S. The number of carbonyl (C=O) groups is 1. The fraction of sp³-hybridized carbons (Fsp3) is 0.444. The quantitative estimate of drug-likeness (QED) is 0.536. The highest BCUT2D eigenvalue weighted by Gasteiger charge is 2.30. The van der Waals surface area contributed by atoms with Crippen LogP contribution in [0.5, 0.6) is 0 Å². The van der Waals surface area contributed by atoms with E-state index in [1.54, 1.807) is 23.1 Å². The van der Waals surface area contributed by atoms with E-state index in [1.165, 1.54) is 21.3 Å². The van der Waals surface area contributed by atoms with Crippen LogP contribution < -0.4 is 4.90 Å². The summed E-state index contributed by atoms with van der Waals surface area (Å²) in [6, 6.07) is 6.12. The Morgan fingerprint density at radius 3 is 2.59 bits per heavy atom. The first-order valence-corrected chi connectivity index (χ1v) is 10.9. The van der Waals surface area contributed by atoms with Gasteiger partial charge in [0.2, 0.25) is 10.0 Å². The zero-order valence-corrected chi connectivity index (χ0v) is 16.5. The highest BCUT2D eigenvalue weighted by atomic mass is 32.2. The van der Waals surface area contributed by atoms with E-state index in [0.717, 1.165) is 24.8 Å². The Hall–Kier alpha value is -2.79. The molecule has 0 saturated carbocycles. The Bertz CT molecular complexity index is 1060. The maximum Gasteiger partial charge on any atom is 0.389 e. The minimum atomic E-state index is -3.52.